The molecule has 10 heteroatoms. The minimum absolute atomic E-state index is 0.0256. The number of anilines is 1. The highest BCUT2D eigenvalue weighted by Crippen LogP contribution is 2.28. The van der Waals surface area contributed by atoms with Gasteiger partial charge in [-0.1, -0.05) is 23.7 Å². The fourth-order valence-electron chi connectivity index (χ4n) is 2.08. The van der Waals surface area contributed by atoms with Crippen LogP contribution in [-0.2, 0) is 14.8 Å². The van der Waals surface area contributed by atoms with Crippen molar-refractivity contribution < 1.29 is 18.0 Å². The number of thioether (sulfide) groups is 1. The zero-order valence-corrected chi connectivity index (χ0v) is 17.0. The maximum atomic E-state index is 12.6. The summed E-state index contributed by atoms with van der Waals surface area (Å²) in [5, 5.41) is 2.74. The number of carbonyl (C=O) groups is 2. The largest absolute Gasteiger partial charge is 0.369 e. The van der Waals surface area contributed by atoms with Crippen LogP contribution < -0.4 is 11.1 Å². The molecule has 27 heavy (non-hydrogen) atoms. The van der Waals surface area contributed by atoms with Gasteiger partial charge >= 0.3 is 0 Å². The third kappa shape index (κ3) is 5.23. The number of hydrogen-bond acceptors (Lipinski definition) is 5. The first-order chi connectivity index (χ1) is 12.6. The molecule has 7 nitrogen and oxygen atoms in total. The highest BCUT2D eigenvalue weighted by Gasteiger charge is 2.22. The third-order valence-electron chi connectivity index (χ3n) is 3.46. The Morgan fingerprint density at radius 1 is 1.19 bits per heavy atom. The molecular weight excluding hydrogens is 410 g/mol. The summed E-state index contributed by atoms with van der Waals surface area (Å²) in [6.45, 7) is 0. The number of nitrogens with two attached hydrogens (primary N) is 1. The first kappa shape index (κ1) is 21.2. The van der Waals surface area contributed by atoms with Gasteiger partial charge in [0.25, 0.3) is 5.91 Å². The number of primary amides is 1. The van der Waals surface area contributed by atoms with Crippen LogP contribution in [0.2, 0.25) is 5.02 Å². The molecule has 0 bridgehead atoms. The molecule has 0 aliphatic rings. The summed E-state index contributed by atoms with van der Waals surface area (Å²) in [5.41, 5.74) is 5.78. The average molecular weight is 428 g/mol. The van der Waals surface area contributed by atoms with E-state index < -0.39 is 21.8 Å². The second kappa shape index (κ2) is 8.75. The van der Waals surface area contributed by atoms with Crippen molar-refractivity contribution in [2.45, 2.75) is 9.79 Å². The van der Waals surface area contributed by atoms with Gasteiger partial charge in [0, 0.05) is 24.6 Å². The second-order valence-corrected chi connectivity index (χ2v) is 9.18. The van der Waals surface area contributed by atoms with Crippen molar-refractivity contribution in [3.05, 3.63) is 53.1 Å². The molecule has 3 N–H and O–H groups in total. The summed E-state index contributed by atoms with van der Waals surface area (Å²) in [4.78, 5) is 24.1. The number of rotatable bonds is 7. The number of halogens is 1. The summed E-state index contributed by atoms with van der Waals surface area (Å²) in [6, 6.07) is 10.9. The van der Waals surface area contributed by atoms with Gasteiger partial charge in [-0.25, -0.2) is 12.7 Å². The normalized spacial score (nSPS) is 11.4. The van der Waals surface area contributed by atoms with Crippen LogP contribution in [0.1, 0.15) is 10.4 Å². The summed E-state index contributed by atoms with van der Waals surface area (Å²) < 4.78 is 25.7. The van der Waals surface area contributed by atoms with E-state index in [1.54, 1.807) is 24.3 Å². The van der Waals surface area contributed by atoms with Gasteiger partial charge in [0.2, 0.25) is 15.9 Å². The average Bonchev–Trinajstić information content (AvgIpc) is 2.60. The molecule has 2 aromatic carbocycles. The Hall–Kier alpha value is -2.07. The molecule has 0 radical (unpaired) electrons. The summed E-state index contributed by atoms with van der Waals surface area (Å²) in [7, 11) is -1.04. The second-order valence-electron chi connectivity index (χ2n) is 5.64. The van der Waals surface area contributed by atoms with Gasteiger partial charge < -0.3 is 11.1 Å². The molecule has 0 atom stereocenters. The van der Waals surface area contributed by atoms with E-state index in [2.05, 4.69) is 5.32 Å². The lowest BCUT2D eigenvalue weighted by molar-refractivity contribution is -0.115. The number of para-hydroxylation sites is 1. The van der Waals surface area contributed by atoms with E-state index in [9.17, 15) is 18.0 Å². The molecule has 2 rings (SSSR count). The molecule has 0 spiro atoms. The Morgan fingerprint density at radius 2 is 1.85 bits per heavy atom. The van der Waals surface area contributed by atoms with Gasteiger partial charge in [-0.3, -0.25) is 9.59 Å². The smallest absolute Gasteiger partial charge is 0.255 e. The number of carbonyl (C=O) groups excluding carboxylic acids is 2. The summed E-state index contributed by atoms with van der Waals surface area (Å²) >= 11 is 7.19. The van der Waals surface area contributed by atoms with Gasteiger partial charge in [-0.05, 0) is 30.3 Å². The molecule has 0 aromatic heterocycles. The van der Waals surface area contributed by atoms with Crippen LogP contribution in [0, 0.1) is 0 Å². The SMILES string of the molecule is CN(C)S(=O)(=O)c1cc(C(=O)Nc2ccccc2SCC(N)=O)ccc1Cl. The van der Waals surface area contributed by atoms with E-state index in [1.165, 1.54) is 44.1 Å². The Balaban J connectivity index is 2.31. The van der Waals surface area contributed by atoms with E-state index in [0.717, 1.165) is 4.31 Å². The van der Waals surface area contributed by atoms with Crippen LogP contribution in [0.25, 0.3) is 0 Å². The number of nitrogens with one attached hydrogen (secondary N) is 1. The molecule has 0 heterocycles. The zero-order chi connectivity index (χ0) is 20.2. The molecule has 0 aliphatic heterocycles. The highest BCUT2D eigenvalue weighted by molar-refractivity contribution is 8.00. The van der Waals surface area contributed by atoms with Gasteiger partial charge in [-0.15, -0.1) is 11.8 Å². The predicted octanol–water partition coefficient (Wildman–Crippen LogP) is 2.42. The Kier molecular flexibility index (Phi) is 6.88. The maximum absolute atomic E-state index is 12.6. The van der Waals surface area contributed by atoms with E-state index in [1.807, 2.05) is 0 Å². The summed E-state index contributed by atoms with van der Waals surface area (Å²) in [5.74, 6) is -0.912. The number of amides is 2. The first-order valence-corrected chi connectivity index (χ1v) is 10.5. The molecule has 2 aromatic rings. The van der Waals surface area contributed by atoms with Crippen LogP contribution in [0.15, 0.2) is 52.3 Å². The molecule has 0 fully saturated rings. The number of sulfonamides is 1. The third-order valence-corrected chi connectivity index (χ3v) is 6.85. The number of nitrogens with zero attached hydrogens (tertiary/aromatic N) is 1. The maximum Gasteiger partial charge on any atom is 0.255 e. The molecule has 0 aliphatic carbocycles. The summed E-state index contributed by atoms with van der Waals surface area (Å²) in [6.07, 6.45) is 0. The molecule has 144 valence electrons. The quantitative estimate of drug-likeness (QED) is 0.659. The van der Waals surface area contributed by atoms with E-state index in [4.69, 9.17) is 17.3 Å². The molecular formula is C17H18ClN3O4S2. The van der Waals surface area contributed by atoms with Crippen molar-refractivity contribution in [1.29, 1.82) is 0 Å². The molecule has 0 unspecified atom stereocenters. The van der Waals surface area contributed by atoms with Crippen LogP contribution in [0.3, 0.4) is 0 Å². The van der Waals surface area contributed by atoms with Crippen molar-refractivity contribution in [1.82, 2.24) is 4.31 Å². The van der Waals surface area contributed by atoms with E-state index in [0.29, 0.717) is 10.6 Å². The lowest BCUT2D eigenvalue weighted by atomic mass is 10.2. The van der Waals surface area contributed by atoms with Gasteiger partial charge in [-0.2, -0.15) is 0 Å². The Labute approximate surface area is 166 Å². The predicted molar refractivity (Wildman–Crippen MR) is 107 cm³/mol. The van der Waals surface area contributed by atoms with Crippen LogP contribution in [0.4, 0.5) is 5.69 Å². The standard InChI is InChI=1S/C17H18ClN3O4S2/c1-21(2)27(24,25)15-9-11(7-8-12(15)18)17(23)20-13-5-3-4-6-14(13)26-10-16(19)22/h3-9H,10H2,1-2H3,(H2,19,22)(H,20,23). The first-order valence-electron chi connectivity index (χ1n) is 7.66. The lowest BCUT2D eigenvalue weighted by Crippen LogP contribution is -2.23. The van der Waals surface area contributed by atoms with Crippen molar-refractivity contribution in [2.75, 3.05) is 25.2 Å². The molecule has 0 saturated carbocycles. The Bertz CT molecular complexity index is 978. The highest BCUT2D eigenvalue weighted by atomic mass is 35.5. The fourth-order valence-corrected chi connectivity index (χ4v) is 4.22. The van der Waals surface area contributed by atoms with Gasteiger partial charge in [0.15, 0.2) is 0 Å². The van der Waals surface area contributed by atoms with Gasteiger partial charge in [0.1, 0.15) is 4.90 Å². The van der Waals surface area contributed by atoms with E-state index in [-0.39, 0.29) is 21.2 Å². The minimum Gasteiger partial charge on any atom is -0.369 e. The topological polar surface area (TPSA) is 110 Å². The van der Waals surface area contributed by atoms with Crippen molar-refractivity contribution in [3.63, 3.8) is 0 Å². The Morgan fingerprint density at radius 3 is 2.48 bits per heavy atom. The van der Waals surface area contributed by atoms with Crippen LogP contribution in [-0.4, -0.2) is 44.4 Å². The minimum atomic E-state index is -3.80. The van der Waals surface area contributed by atoms with Crippen LogP contribution in [0.5, 0.6) is 0 Å². The monoisotopic (exact) mass is 427 g/mol. The molecule has 0 saturated heterocycles. The number of hydrogen-bond donors (Lipinski definition) is 2. The van der Waals surface area contributed by atoms with Crippen molar-refractivity contribution in [3.8, 4) is 0 Å². The van der Waals surface area contributed by atoms with Gasteiger partial charge in [0.05, 0.1) is 16.5 Å². The van der Waals surface area contributed by atoms with Crippen molar-refractivity contribution in [2.24, 2.45) is 5.73 Å². The number of benzene rings is 2. The van der Waals surface area contributed by atoms with E-state index >= 15 is 0 Å². The zero-order valence-electron chi connectivity index (χ0n) is 14.6. The fraction of sp³-hybridized carbons (Fsp3) is 0.176. The molecule has 2 amide bonds. The van der Waals surface area contributed by atoms with Crippen molar-refractivity contribution >= 4 is 50.9 Å². The van der Waals surface area contributed by atoms with Crippen LogP contribution >= 0.6 is 23.4 Å². The lowest BCUT2D eigenvalue weighted by Gasteiger charge is -2.14.